The number of H-pyrrole nitrogens is 1. The maximum absolute atomic E-state index is 6.19. The molecule has 1 saturated heterocycles. The van der Waals surface area contributed by atoms with Gasteiger partial charge in [-0.05, 0) is 30.9 Å². The van der Waals surface area contributed by atoms with Crippen molar-refractivity contribution in [2.45, 2.75) is 31.4 Å². The zero-order chi connectivity index (χ0) is 15.7. The first-order chi connectivity index (χ1) is 11.3. The molecule has 0 unspecified atom stereocenters. The summed E-state index contributed by atoms with van der Waals surface area (Å²) in [6.45, 7) is 3.64. The first-order valence-corrected chi connectivity index (χ1v) is 8.18. The van der Waals surface area contributed by atoms with Gasteiger partial charge in [-0.1, -0.05) is 6.07 Å². The Kier molecular flexibility index (Phi) is 3.79. The van der Waals surface area contributed by atoms with Crippen LogP contribution < -0.4 is 4.74 Å². The molecule has 0 aromatic carbocycles. The normalized spacial score (nSPS) is 20.4. The van der Waals surface area contributed by atoms with Crippen LogP contribution in [0.3, 0.4) is 0 Å². The molecule has 0 saturated carbocycles. The van der Waals surface area contributed by atoms with Crippen molar-refractivity contribution < 1.29 is 9.47 Å². The smallest absolute Gasteiger partial charge is 0.213 e. The van der Waals surface area contributed by atoms with Crippen LogP contribution in [0.5, 0.6) is 5.88 Å². The quantitative estimate of drug-likeness (QED) is 0.937. The highest BCUT2D eigenvalue weighted by molar-refractivity contribution is 5.26. The van der Waals surface area contributed by atoms with E-state index in [2.05, 4.69) is 26.1 Å². The minimum absolute atomic E-state index is 0.164. The molecular formula is C17H22N4O2. The number of methoxy groups -OCH3 is 1. The van der Waals surface area contributed by atoms with Gasteiger partial charge >= 0.3 is 0 Å². The number of pyridine rings is 1. The third-order valence-electron chi connectivity index (χ3n) is 4.96. The Balaban J connectivity index is 1.44. The molecule has 2 aromatic rings. The number of aromatic nitrogens is 3. The fourth-order valence-electron chi connectivity index (χ4n) is 3.68. The van der Waals surface area contributed by atoms with Gasteiger partial charge in [-0.15, -0.1) is 0 Å². The standard InChI is InChI=1S/C17H22N4O2/c1-22-15-4-2-3-14(19-15)12-21-8-6-17(7-9-21)16-13(5-10-23-17)11-18-20-16/h2-4,11H,5-10,12H2,1H3,(H,18,20). The summed E-state index contributed by atoms with van der Waals surface area (Å²) in [5.74, 6) is 0.675. The largest absolute Gasteiger partial charge is 0.481 e. The van der Waals surface area contributed by atoms with Crippen LogP contribution in [0, 0.1) is 0 Å². The second-order valence-electron chi connectivity index (χ2n) is 6.31. The predicted octanol–water partition coefficient (Wildman–Crippen LogP) is 1.88. The van der Waals surface area contributed by atoms with Crippen LogP contribution in [0.4, 0.5) is 0 Å². The first kappa shape index (κ1) is 14.7. The molecule has 2 aliphatic rings. The van der Waals surface area contributed by atoms with Crippen LogP contribution in [0.2, 0.25) is 0 Å². The lowest BCUT2D eigenvalue weighted by Crippen LogP contribution is -2.46. The zero-order valence-electron chi connectivity index (χ0n) is 13.4. The van der Waals surface area contributed by atoms with E-state index in [1.165, 1.54) is 11.3 Å². The number of ether oxygens (including phenoxy) is 2. The molecule has 0 radical (unpaired) electrons. The lowest BCUT2D eigenvalue weighted by atomic mass is 9.84. The Morgan fingerprint density at radius 2 is 2.22 bits per heavy atom. The zero-order valence-corrected chi connectivity index (χ0v) is 13.4. The van der Waals surface area contributed by atoms with E-state index in [0.717, 1.165) is 51.2 Å². The minimum atomic E-state index is -0.164. The van der Waals surface area contributed by atoms with Gasteiger partial charge in [0.25, 0.3) is 0 Å². The fourth-order valence-corrected chi connectivity index (χ4v) is 3.68. The summed E-state index contributed by atoms with van der Waals surface area (Å²) < 4.78 is 11.4. The molecule has 4 heterocycles. The highest BCUT2D eigenvalue weighted by atomic mass is 16.5. The molecule has 0 atom stereocenters. The summed E-state index contributed by atoms with van der Waals surface area (Å²) in [4.78, 5) is 6.94. The van der Waals surface area contributed by atoms with Crippen LogP contribution in [-0.4, -0.2) is 46.9 Å². The Morgan fingerprint density at radius 1 is 1.35 bits per heavy atom. The third-order valence-corrected chi connectivity index (χ3v) is 4.96. The first-order valence-electron chi connectivity index (χ1n) is 8.18. The van der Waals surface area contributed by atoms with E-state index in [9.17, 15) is 0 Å². The predicted molar refractivity (Wildman–Crippen MR) is 85.2 cm³/mol. The van der Waals surface area contributed by atoms with Gasteiger partial charge in [0.2, 0.25) is 5.88 Å². The van der Waals surface area contributed by atoms with Crippen molar-refractivity contribution in [3.63, 3.8) is 0 Å². The maximum Gasteiger partial charge on any atom is 0.213 e. The van der Waals surface area contributed by atoms with Crippen molar-refractivity contribution in [2.75, 3.05) is 26.8 Å². The Bertz CT molecular complexity index is 677. The van der Waals surface area contributed by atoms with Gasteiger partial charge < -0.3 is 9.47 Å². The van der Waals surface area contributed by atoms with E-state index in [-0.39, 0.29) is 5.60 Å². The van der Waals surface area contributed by atoms with Crippen molar-refractivity contribution >= 4 is 0 Å². The monoisotopic (exact) mass is 314 g/mol. The van der Waals surface area contributed by atoms with Gasteiger partial charge in [0.1, 0.15) is 5.60 Å². The molecule has 2 aliphatic heterocycles. The highest BCUT2D eigenvalue weighted by Crippen LogP contribution is 2.40. The van der Waals surface area contributed by atoms with E-state index in [1.54, 1.807) is 7.11 Å². The second-order valence-corrected chi connectivity index (χ2v) is 6.31. The van der Waals surface area contributed by atoms with Crippen LogP contribution >= 0.6 is 0 Å². The number of hydrogen-bond donors (Lipinski definition) is 1. The number of hydrogen-bond acceptors (Lipinski definition) is 5. The van der Waals surface area contributed by atoms with Crippen molar-refractivity contribution in [3.8, 4) is 5.88 Å². The highest BCUT2D eigenvalue weighted by Gasteiger charge is 2.42. The Hall–Kier alpha value is -1.92. The van der Waals surface area contributed by atoms with Crippen LogP contribution in [0.25, 0.3) is 0 Å². The number of nitrogens with zero attached hydrogens (tertiary/aromatic N) is 3. The van der Waals surface area contributed by atoms with E-state index >= 15 is 0 Å². The van der Waals surface area contributed by atoms with Gasteiger partial charge in [0, 0.05) is 25.7 Å². The van der Waals surface area contributed by atoms with Crippen molar-refractivity contribution in [3.05, 3.63) is 41.3 Å². The molecule has 1 N–H and O–H groups in total. The topological polar surface area (TPSA) is 63.3 Å². The number of aromatic amines is 1. The minimum Gasteiger partial charge on any atom is -0.481 e. The molecular weight excluding hydrogens is 292 g/mol. The van der Waals surface area contributed by atoms with E-state index < -0.39 is 0 Å². The Morgan fingerprint density at radius 3 is 3.04 bits per heavy atom. The van der Waals surface area contributed by atoms with E-state index in [1.807, 2.05) is 18.3 Å². The number of piperidine rings is 1. The van der Waals surface area contributed by atoms with Crippen LogP contribution in [-0.2, 0) is 23.3 Å². The molecule has 4 rings (SSSR count). The van der Waals surface area contributed by atoms with Gasteiger partial charge in [-0.2, -0.15) is 5.10 Å². The third kappa shape index (κ3) is 2.72. The maximum atomic E-state index is 6.19. The molecule has 6 nitrogen and oxygen atoms in total. The molecule has 0 amide bonds. The summed E-state index contributed by atoms with van der Waals surface area (Å²) in [7, 11) is 1.65. The molecule has 23 heavy (non-hydrogen) atoms. The second kappa shape index (κ2) is 5.94. The van der Waals surface area contributed by atoms with Gasteiger partial charge in [0.05, 0.1) is 31.3 Å². The van der Waals surface area contributed by atoms with Gasteiger partial charge in [-0.25, -0.2) is 4.98 Å². The Labute approximate surface area is 135 Å². The number of nitrogens with one attached hydrogen (secondary N) is 1. The van der Waals surface area contributed by atoms with Crippen molar-refractivity contribution in [2.24, 2.45) is 0 Å². The molecule has 2 aromatic heterocycles. The molecule has 0 bridgehead atoms. The molecule has 0 aliphatic carbocycles. The van der Waals surface area contributed by atoms with Gasteiger partial charge in [0.15, 0.2) is 0 Å². The van der Waals surface area contributed by atoms with E-state index in [0.29, 0.717) is 5.88 Å². The number of rotatable bonds is 3. The fraction of sp³-hybridized carbons (Fsp3) is 0.529. The van der Waals surface area contributed by atoms with Crippen molar-refractivity contribution in [1.82, 2.24) is 20.1 Å². The van der Waals surface area contributed by atoms with Crippen molar-refractivity contribution in [1.29, 1.82) is 0 Å². The molecule has 6 heteroatoms. The van der Waals surface area contributed by atoms with E-state index in [4.69, 9.17) is 9.47 Å². The molecule has 122 valence electrons. The summed E-state index contributed by atoms with van der Waals surface area (Å²) in [6.07, 6.45) is 4.90. The average molecular weight is 314 g/mol. The van der Waals surface area contributed by atoms with Gasteiger partial charge in [-0.3, -0.25) is 10.00 Å². The SMILES string of the molecule is COc1cccc(CN2CCC3(CC2)OCCc2cn[nH]c23)n1. The van der Waals surface area contributed by atoms with Crippen LogP contribution in [0.15, 0.2) is 24.4 Å². The lowest BCUT2D eigenvalue weighted by Gasteiger charge is -2.43. The summed E-state index contributed by atoms with van der Waals surface area (Å²) in [5.41, 5.74) is 3.40. The summed E-state index contributed by atoms with van der Waals surface area (Å²) >= 11 is 0. The number of likely N-dealkylation sites (tertiary alicyclic amines) is 1. The molecule has 1 spiro atoms. The number of fused-ring (bicyclic) bond motifs is 2. The summed E-state index contributed by atoms with van der Waals surface area (Å²) in [5, 5.41) is 7.39. The summed E-state index contributed by atoms with van der Waals surface area (Å²) in [6, 6.07) is 5.93. The average Bonchev–Trinajstić information content (AvgIpc) is 3.08. The molecule has 1 fully saturated rings. The lowest BCUT2D eigenvalue weighted by molar-refractivity contribution is -0.102. The van der Waals surface area contributed by atoms with Crippen LogP contribution in [0.1, 0.15) is 29.8 Å².